The number of carbonyl (C=O) groups is 2. The van der Waals surface area contributed by atoms with Gasteiger partial charge in [0.15, 0.2) is 0 Å². The second kappa shape index (κ2) is 3.96. The Labute approximate surface area is 93.5 Å². The van der Waals surface area contributed by atoms with Crippen molar-refractivity contribution in [1.82, 2.24) is 0 Å². The molecule has 1 saturated carbocycles. The van der Waals surface area contributed by atoms with E-state index in [-0.39, 0.29) is 11.8 Å². The number of amides is 1. The van der Waals surface area contributed by atoms with Gasteiger partial charge in [0.25, 0.3) is 0 Å². The normalized spacial score (nSPS) is 22.6. The molecule has 1 aliphatic carbocycles. The molecule has 84 valence electrons. The molecule has 16 heavy (non-hydrogen) atoms. The third kappa shape index (κ3) is 1.91. The first-order valence-corrected chi connectivity index (χ1v) is 5.16. The molecular weight excluding hydrogens is 206 g/mol. The number of hydrogen-bond acceptors (Lipinski definition) is 2. The van der Waals surface area contributed by atoms with E-state index in [4.69, 9.17) is 5.11 Å². The van der Waals surface area contributed by atoms with Gasteiger partial charge in [-0.15, -0.1) is 0 Å². The summed E-state index contributed by atoms with van der Waals surface area (Å²) < 4.78 is 0. The molecular formula is C12H13NO3. The Morgan fingerprint density at radius 2 is 1.88 bits per heavy atom. The largest absolute Gasteiger partial charge is 0.481 e. The minimum atomic E-state index is -0.875. The molecule has 1 aromatic carbocycles. The highest BCUT2D eigenvalue weighted by Crippen LogP contribution is 2.40. The van der Waals surface area contributed by atoms with E-state index >= 15 is 0 Å². The second-order valence-electron chi connectivity index (χ2n) is 4.02. The molecule has 1 amide bonds. The van der Waals surface area contributed by atoms with Crippen molar-refractivity contribution in [3.05, 3.63) is 30.3 Å². The first-order chi connectivity index (χ1) is 7.61. The Balaban J connectivity index is 2.04. The van der Waals surface area contributed by atoms with Crippen molar-refractivity contribution in [2.24, 2.45) is 11.8 Å². The number of aliphatic carboxylic acids is 1. The van der Waals surface area contributed by atoms with Gasteiger partial charge in [0.2, 0.25) is 5.91 Å². The molecule has 1 N–H and O–H groups in total. The van der Waals surface area contributed by atoms with Crippen molar-refractivity contribution in [2.45, 2.75) is 6.42 Å². The zero-order valence-corrected chi connectivity index (χ0v) is 8.96. The van der Waals surface area contributed by atoms with Gasteiger partial charge in [0.05, 0.1) is 11.8 Å². The van der Waals surface area contributed by atoms with Crippen LogP contribution >= 0.6 is 0 Å². The fourth-order valence-corrected chi connectivity index (χ4v) is 1.77. The van der Waals surface area contributed by atoms with Crippen molar-refractivity contribution >= 4 is 17.6 Å². The predicted octanol–water partition coefficient (Wildman–Crippen LogP) is 1.37. The Kier molecular flexibility index (Phi) is 2.64. The van der Waals surface area contributed by atoms with E-state index < -0.39 is 11.9 Å². The molecule has 0 saturated heterocycles. The molecule has 1 aromatic rings. The van der Waals surface area contributed by atoms with E-state index in [0.717, 1.165) is 5.69 Å². The van der Waals surface area contributed by atoms with E-state index in [9.17, 15) is 9.59 Å². The van der Waals surface area contributed by atoms with Crippen LogP contribution in [0.4, 0.5) is 5.69 Å². The lowest BCUT2D eigenvalue weighted by Crippen LogP contribution is -2.28. The fraction of sp³-hybridized carbons (Fsp3) is 0.333. The fourth-order valence-electron chi connectivity index (χ4n) is 1.77. The monoisotopic (exact) mass is 219 g/mol. The minimum absolute atomic E-state index is 0.112. The summed E-state index contributed by atoms with van der Waals surface area (Å²) in [7, 11) is 1.68. The van der Waals surface area contributed by atoms with E-state index in [2.05, 4.69) is 0 Å². The third-order valence-electron chi connectivity index (χ3n) is 2.90. The Bertz CT molecular complexity index is 416. The van der Waals surface area contributed by atoms with Gasteiger partial charge in [-0.25, -0.2) is 0 Å². The molecule has 1 fully saturated rings. The van der Waals surface area contributed by atoms with Crippen molar-refractivity contribution < 1.29 is 14.7 Å². The molecule has 2 atom stereocenters. The van der Waals surface area contributed by atoms with Gasteiger partial charge in [-0.3, -0.25) is 9.59 Å². The predicted molar refractivity (Wildman–Crippen MR) is 59.1 cm³/mol. The molecule has 0 bridgehead atoms. The van der Waals surface area contributed by atoms with Gasteiger partial charge >= 0.3 is 5.97 Å². The van der Waals surface area contributed by atoms with Crippen LogP contribution in [0.25, 0.3) is 0 Å². The van der Waals surface area contributed by atoms with Gasteiger partial charge in [0.1, 0.15) is 0 Å². The van der Waals surface area contributed by atoms with Crippen molar-refractivity contribution in [2.75, 3.05) is 11.9 Å². The maximum absolute atomic E-state index is 11.9. The zero-order valence-electron chi connectivity index (χ0n) is 8.96. The number of anilines is 1. The number of hydrogen-bond donors (Lipinski definition) is 1. The molecule has 2 rings (SSSR count). The quantitative estimate of drug-likeness (QED) is 0.835. The molecule has 0 spiro atoms. The average Bonchev–Trinajstić information content (AvgIpc) is 3.08. The second-order valence-corrected chi connectivity index (χ2v) is 4.02. The van der Waals surface area contributed by atoms with Crippen LogP contribution in [0.2, 0.25) is 0 Å². The molecule has 0 aromatic heterocycles. The van der Waals surface area contributed by atoms with Crippen LogP contribution in [0.1, 0.15) is 6.42 Å². The van der Waals surface area contributed by atoms with E-state index in [1.807, 2.05) is 30.3 Å². The number of benzene rings is 1. The highest BCUT2D eigenvalue weighted by Gasteiger charge is 2.49. The lowest BCUT2D eigenvalue weighted by molar-refractivity contribution is -0.139. The lowest BCUT2D eigenvalue weighted by Gasteiger charge is -2.16. The van der Waals surface area contributed by atoms with Crippen LogP contribution in [0.15, 0.2) is 30.3 Å². The Morgan fingerprint density at radius 1 is 1.25 bits per heavy atom. The van der Waals surface area contributed by atoms with E-state index in [1.165, 1.54) is 4.90 Å². The maximum atomic E-state index is 11.9. The van der Waals surface area contributed by atoms with Gasteiger partial charge in [-0.1, -0.05) is 18.2 Å². The highest BCUT2D eigenvalue weighted by atomic mass is 16.4. The van der Waals surface area contributed by atoms with Crippen molar-refractivity contribution in [3.63, 3.8) is 0 Å². The summed E-state index contributed by atoms with van der Waals surface area (Å²) in [6.45, 7) is 0. The summed E-state index contributed by atoms with van der Waals surface area (Å²) in [4.78, 5) is 24.1. The van der Waals surface area contributed by atoms with Gasteiger partial charge in [0, 0.05) is 12.7 Å². The molecule has 4 heteroatoms. The summed E-state index contributed by atoms with van der Waals surface area (Å²) in [5.74, 6) is -1.82. The highest BCUT2D eigenvalue weighted by molar-refractivity contribution is 5.99. The van der Waals surface area contributed by atoms with Crippen LogP contribution in [-0.4, -0.2) is 24.0 Å². The first-order valence-electron chi connectivity index (χ1n) is 5.16. The number of carboxylic acid groups (broad SMARTS) is 1. The topological polar surface area (TPSA) is 57.6 Å². The number of carbonyl (C=O) groups excluding carboxylic acids is 1. The number of nitrogens with zero attached hydrogens (tertiary/aromatic N) is 1. The van der Waals surface area contributed by atoms with Crippen LogP contribution in [0, 0.1) is 11.8 Å². The molecule has 4 nitrogen and oxygen atoms in total. The van der Waals surface area contributed by atoms with Crippen LogP contribution in [0.3, 0.4) is 0 Å². The number of rotatable bonds is 3. The molecule has 1 aliphatic rings. The first kappa shape index (κ1) is 10.7. The molecule has 0 aliphatic heterocycles. The number of carboxylic acids is 1. The zero-order chi connectivity index (χ0) is 11.7. The van der Waals surface area contributed by atoms with E-state index in [1.54, 1.807) is 7.05 Å². The summed E-state index contributed by atoms with van der Waals surface area (Å²) >= 11 is 0. The van der Waals surface area contributed by atoms with Gasteiger partial charge in [-0.2, -0.15) is 0 Å². The molecule has 0 radical (unpaired) electrons. The van der Waals surface area contributed by atoms with Gasteiger partial charge < -0.3 is 10.0 Å². The summed E-state index contributed by atoms with van der Waals surface area (Å²) in [5, 5.41) is 8.75. The average molecular weight is 219 g/mol. The van der Waals surface area contributed by atoms with Crippen LogP contribution in [0.5, 0.6) is 0 Å². The van der Waals surface area contributed by atoms with Crippen molar-refractivity contribution in [1.29, 1.82) is 0 Å². The van der Waals surface area contributed by atoms with Crippen LogP contribution < -0.4 is 4.90 Å². The Hall–Kier alpha value is -1.84. The Morgan fingerprint density at radius 3 is 2.38 bits per heavy atom. The molecule has 0 heterocycles. The van der Waals surface area contributed by atoms with Crippen LogP contribution in [-0.2, 0) is 9.59 Å². The standard InChI is InChI=1S/C12H13NO3/c1-13(8-5-3-2-4-6-8)11(14)9-7-10(9)12(15)16/h2-6,9-10H,7H2,1H3,(H,15,16). The summed E-state index contributed by atoms with van der Waals surface area (Å²) in [6, 6.07) is 9.23. The van der Waals surface area contributed by atoms with E-state index in [0.29, 0.717) is 6.42 Å². The third-order valence-corrected chi connectivity index (χ3v) is 2.90. The van der Waals surface area contributed by atoms with Gasteiger partial charge in [-0.05, 0) is 18.6 Å². The minimum Gasteiger partial charge on any atom is -0.481 e. The summed E-state index contributed by atoms with van der Waals surface area (Å²) in [5.41, 5.74) is 0.795. The molecule has 2 unspecified atom stereocenters. The smallest absolute Gasteiger partial charge is 0.307 e. The summed E-state index contributed by atoms with van der Waals surface area (Å²) in [6.07, 6.45) is 0.464. The lowest BCUT2D eigenvalue weighted by atomic mass is 10.2. The maximum Gasteiger partial charge on any atom is 0.307 e. The van der Waals surface area contributed by atoms with Crippen molar-refractivity contribution in [3.8, 4) is 0 Å². The SMILES string of the molecule is CN(C(=O)C1CC1C(=O)O)c1ccccc1. The number of para-hydroxylation sites is 1.